The summed E-state index contributed by atoms with van der Waals surface area (Å²) in [4.78, 5) is 44.1. The Kier molecular flexibility index (Phi) is 5.17. The van der Waals surface area contributed by atoms with E-state index in [-0.39, 0.29) is 5.91 Å². The van der Waals surface area contributed by atoms with E-state index in [4.69, 9.17) is 27.9 Å². The van der Waals surface area contributed by atoms with Crippen LogP contribution in [0.2, 0.25) is 10.0 Å². The predicted molar refractivity (Wildman–Crippen MR) is 124 cm³/mol. The van der Waals surface area contributed by atoms with Crippen molar-refractivity contribution in [1.82, 2.24) is 4.90 Å². The van der Waals surface area contributed by atoms with Crippen molar-refractivity contribution in [3.05, 3.63) is 62.5 Å². The van der Waals surface area contributed by atoms with Gasteiger partial charge in [0.05, 0.1) is 30.2 Å². The second-order valence-electron chi connectivity index (χ2n) is 8.46. The lowest BCUT2D eigenvalue weighted by atomic mass is 9.83. The largest absolute Gasteiger partial charge is 0.378 e. The number of morpholine rings is 1. The molecule has 0 aromatic heterocycles. The molecule has 2 aromatic rings. The van der Waals surface area contributed by atoms with Gasteiger partial charge in [-0.2, -0.15) is 0 Å². The fraction of sp³-hybridized carbons (Fsp3) is 0.348. The Morgan fingerprint density at radius 3 is 2.19 bits per heavy atom. The van der Waals surface area contributed by atoms with Crippen LogP contribution in [0.25, 0.3) is 0 Å². The average Bonchev–Trinajstić information content (AvgIpc) is 3.28. The van der Waals surface area contributed by atoms with E-state index in [1.165, 1.54) is 18.2 Å². The van der Waals surface area contributed by atoms with Gasteiger partial charge in [0.2, 0.25) is 17.7 Å². The normalized spacial score (nSPS) is 29.3. The number of fused-ring (bicyclic) bond motifs is 1. The number of rotatable bonds is 3. The van der Waals surface area contributed by atoms with Crippen LogP contribution in [-0.2, 0) is 24.5 Å². The standard InChI is InChI=1S/C23H19BrCl2N2O4/c1-22-18(19(29)28(20(22)30)17-11-15(25)10-16(26)12-17)23(22,13-2-4-14(24)5-3-13)21(31)27-6-8-32-9-7-27/h2-5,10-12,18H,6-9H2,1H3. The van der Waals surface area contributed by atoms with Crippen molar-refractivity contribution in [3.8, 4) is 0 Å². The van der Waals surface area contributed by atoms with Crippen LogP contribution in [0.1, 0.15) is 12.5 Å². The summed E-state index contributed by atoms with van der Waals surface area (Å²) in [5, 5.41) is 0.643. The third-order valence-corrected chi connectivity index (χ3v) is 7.87. The molecule has 3 fully saturated rings. The second kappa shape index (κ2) is 7.55. The Labute approximate surface area is 203 Å². The van der Waals surface area contributed by atoms with E-state index in [1.807, 2.05) is 24.3 Å². The van der Waals surface area contributed by atoms with Gasteiger partial charge in [-0.15, -0.1) is 0 Å². The molecule has 3 atom stereocenters. The van der Waals surface area contributed by atoms with E-state index < -0.39 is 28.6 Å². The number of imide groups is 1. The number of ether oxygens (including phenoxy) is 1. The maximum absolute atomic E-state index is 13.9. The second-order valence-corrected chi connectivity index (χ2v) is 10.2. The lowest BCUT2D eigenvalue weighted by molar-refractivity contribution is -0.143. The highest BCUT2D eigenvalue weighted by molar-refractivity contribution is 9.10. The summed E-state index contributed by atoms with van der Waals surface area (Å²) in [5.41, 5.74) is -1.48. The molecule has 3 aliphatic rings. The lowest BCUT2D eigenvalue weighted by Gasteiger charge is -2.35. The fourth-order valence-corrected chi connectivity index (χ4v) is 6.16. The van der Waals surface area contributed by atoms with Crippen LogP contribution in [0.4, 0.5) is 5.69 Å². The summed E-state index contributed by atoms with van der Waals surface area (Å²) < 4.78 is 6.24. The number of carbonyl (C=O) groups is 3. The molecule has 6 nitrogen and oxygen atoms in total. The molecule has 3 amide bonds. The van der Waals surface area contributed by atoms with Crippen LogP contribution in [0.3, 0.4) is 0 Å². The van der Waals surface area contributed by atoms with Crippen molar-refractivity contribution < 1.29 is 19.1 Å². The first kappa shape index (κ1) is 21.9. The van der Waals surface area contributed by atoms with Crippen LogP contribution in [0.15, 0.2) is 46.9 Å². The summed E-state index contributed by atoms with van der Waals surface area (Å²) in [6.07, 6.45) is 0. The predicted octanol–water partition coefficient (Wildman–Crippen LogP) is 4.06. The molecule has 32 heavy (non-hydrogen) atoms. The van der Waals surface area contributed by atoms with E-state index in [0.29, 0.717) is 47.6 Å². The van der Waals surface area contributed by atoms with Gasteiger partial charge in [0, 0.05) is 27.6 Å². The Morgan fingerprint density at radius 2 is 1.66 bits per heavy atom. The van der Waals surface area contributed by atoms with Crippen LogP contribution in [0.5, 0.6) is 0 Å². The third-order valence-electron chi connectivity index (χ3n) is 6.90. The molecule has 5 rings (SSSR count). The highest BCUT2D eigenvalue weighted by Crippen LogP contribution is 2.74. The number of anilines is 1. The van der Waals surface area contributed by atoms with E-state index in [2.05, 4.69) is 15.9 Å². The van der Waals surface area contributed by atoms with Gasteiger partial charge in [-0.1, -0.05) is 51.3 Å². The molecule has 2 saturated heterocycles. The molecular formula is C23H19BrCl2N2O4. The van der Waals surface area contributed by atoms with Gasteiger partial charge in [0.1, 0.15) is 5.41 Å². The summed E-state index contributed by atoms with van der Waals surface area (Å²) in [7, 11) is 0. The van der Waals surface area contributed by atoms with Crippen molar-refractivity contribution in [3.63, 3.8) is 0 Å². The first-order valence-electron chi connectivity index (χ1n) is 10.2. The molecule has 2 heterocycles. The SMILES string of the molecule is CC12C(=O)N(c3cc(Cl)cc(Cl)c3)C(=O)C1C2(C(=O)N1CCOCC1)c1ccc(Br)cc1. The smallest absolute Gasteiger partial charge is 0.242 e. The Balaban J connectivity index is 1.61. The van der Waals surface area contributed by atoms with E-state index >= 15 is 0 Å². The minimum Gasteiger partial charge on any atom is -0.378 e. The van der Waals surface area contributed by atoms with Crippen LogP contribution in [-0.4, -0.2) is 48.9 Å². The van der Waals surface area contributed by atoms with Crippen LogP contribution < -0.4 is 4.90 Å². The molecule has 0 bridgehead atoms. The quantitative estimate of drug-likeness (QED) is 0.554. The van der Waals surface area contributed by atoms with Gasteiger partial charge in [-0.3, -0.25) is 14.4 Å². The molecule has 1 saturated carbocycles. The highest BCUT2D eigenvalue weighted by atomic mass is 79.9. The van der Waals surface area contributed by atoms with Crippen molar-refractivity contribution in [2.45, 2.75) is 12.3 Å². The number of nitrogens with zero attached hydrogens (tertiary/aromatic N) is 2. The van der Waals surface area contributed by atoms with Crippen molar-refractivity contribution in [2.75, 3.05) is 31.2 Å². The Hall–Kier alpha value is -1.93. The van der Waals surface area contributed by atoms with E-state index in [9.17, 15) is 14.4 Å². The summed E-state index contributed by atoms with van der Waals surface area (Å²) in [6, 6.07) is 11.9. The number of amides is 3. The molecule has 9 heteroatoms. The Bertz CT molecular complexity index is 1130. The number of halogens is 3. The summed E-state index contributed by atoms with van der Waals surface area (Å²) in [5.74, 6) is -1.85. The average molecular weight is 538 g/mol. The van der Waals surface area contributed by atoms with E-state index in [1.54, 1.807) is 11.8 Å². The van der Waals surface area contributed by atoms with Gasteiger partial charge in [0.15, 0.2) is 0 Å². The maximum atomic E-state index is 13.9. The number of hydrogen-bond acceptors (Lipinski definition) is 4. The molecule has 2 aliphatic heterocycles. The minimum absolute atomic E-state index is 0.207. The molecule has 0 radical (unpaired) electrons. The zero-order chi connectivity index (χ0) is 22.8. The van der Waals surface area contributed by atoms with Gasteiger partial charge >= 0.3 is 0 Å². The number of carbonyl (C=O) groups excluding carboxylic acids is 3. The maximum Gasteiger partial charge on any atom is 0.242 e. The molecule has 0 spiro atoms. The van der Waals surface area contributed by atoms with Crippen LogP contribution >= 0.6 is 39.1 Å². The first-order valence-corrected chi connectivity index (χ1v) is 11.8. The molecular weight excluding hydrogens is 519 g/mol. The number of piperidine rings is 1. The minimum atomic E-state index is -1.25. The Morgan fingerprint density at radius 1 is 1.06 bits per heavy atom. The molecule has 3 unspecified atom stereocenters. The molecule has 2 aromatic carbocycles. The van der Waals surface area contributed by atoms with Crippen LogP contribution in [0, 0.1) is 11.3 Å². The molecule has 166 valence electrons. The topological polar surface area (TPSA) is 66.9 Å². The summed E-state index contributed by atoms with van der Waals surface area (Å²) in [6.45, 7) is 3.42. The van der Waals surface area contributed by atoms with E-state index in [0.717, 1.165) is 9.37 Å². The molecule has 0 N–H and O–H groups in total. The monoisotopic (exact) mass is 536 g/mol. The lowest BCUT2D eigenvalue weighted by Crippen LogP contribution is -2.52. The first-order chi connectivity index (χ1) is 15.2. The zero-order valence-electron chi connectivity index (χ0n) is 17.1. The number of hydrogen-bond donors (Lipinski definition) is 0. The van der Waals surface area contributed by atoms with Gasteiger partial charge in [-0.05, 0) is 42.8 Å². The zero-order valence-corrected chi connectivity index (χ0v) is 20.2. The van der Waals surface area contributed by atoms with Crippen molar-refractivity contribution in [2.24, 2.45) is 11.3 Å². The fourth-order valence-electron chi connectivity index (χ4n) is 5.38. The van der Waals surface area contributed by atoms with Gasteiger partial charge in [-0.25, -0.2) is 4.90 Å². The van der Waals surface area contributed by atoms with Gasteiger partial charge < -0.3 is 9.64 Å². The van der Waals surface area contributed by atoms with Crippen molar-refractivity contribution >= 4 is 62.5 Å². The van der Waals surface area contributed by atoms with Gasteiger partial charge in [0.25, 0.3) is 0 Å². The molecule has 1 aliphatic carbocycles. The third kappa shape index (κ3) is 2.84. The van der Waals surface area contributed by atoms with Crippen molar-refractivity contribution in [1.29, 1.82) is 0 Å². The highest BCUT2D eigenvalue weighted by Gasteiger charge is 2.90. The number of benzene rings is 2. The summed E-state index contributed by atoms with van der Waals surface area (Å²) >= 11 is 15.6.